The van der Waals surface area contributed by atoms with Crippen molar-refractivity contribution in [1.82, 2.24) is 0 Å². The Morgan fingerprint density at radius 1 is 0.682 bits per heavy atom. The molecule has 0 radical (unpaired) electrons. The lowest BCUT2D eigenvalue weighted by Gasteiger charge is -2.04. The van der Waals surface area contributed by atoms with Crippen LogP contribution < -0.4 is 0 Å². The molecule has 4 rings (SSSR count). The molecule has 0 unspecified atom stereocenters. The van der Waals surface area contributed by atoms with E-state index >= 15 is 0 Å². The van der Waals surface area contributed by atoms with Gasteiger partial charge in [-0.05, 0) is 23.8 Å². The minimum absolute atomic E-state index is 0.724. The fraction of sp³-hybridized carbons (Fsp3) is 0. The minimum Gasteiger partial charge on any atom is -0.455 e. The van der Waals surface area contributed by atoms with Crippen molar-refractivity contribution in [2.24, 2.45) is 0 Å². The van der Waals surface area contributed by atoms with Crippen molar-refractivity contribution < 1.29 is 4.42 Å². The highest BCUT2D eigenvalue weighted by atomic mass is 35.5. The van der Waals surface area contributed by atoms with Gasteiger partial charge in [-0.15, -0.1) is 0 Å². The molecular formula is C20H13ClO. The van der Waals surface area contributed by atoms with Crippen molar-refractivity contribution >= 4 is 22.6 Å². The van der Waals surface area contributed by atoms with Crippen LogP contribution >= 0.6 is 11.6 Å². The summed E-state index contributed by atoms with van der Waals surface area (Å²) in [5.41, 5.74) is 4.10. The molecule has 1 heterocycles. The Hall–Kier alpha value is -2.51. The van der Waals surface area contributed by atoms with E-state index in [1.165, 1.54) is 0 Å². The third-order valence-corrected chi connectivity index (χ3v) is 3.98. The molecule has 106 valence electrons. The summed E-state index contributed by atoms with van der Waals surface area (Å²) in [6.45, 7) is 0. The maximum absolute atomic E-state index is 6.18. The van der Waals surface area contributed by atoms with Crippen LogP contribution in [0.15, 0.2) is 83.3 Å². The average Bonchev–Trinajstić information content (AvgIpc) is 2.95. The van der Waals surface area contributed by atoms with E-state index in [1.54, 1.807) is 0 Å². The standard InChI is InChI=1S/C20H13ClO/c21-16-10-6-9-15(13-16)19-17-11-4-5-12-18(17)22-20(19)14-7-2-1-3-8-14/h1-13H. The van der Waals surface area contributed by atoms with Crippen LogP contribution in [0.5, 0.6) is 0 Å². The monoisotopic (exact) mass is 304 g/mol. The van der Waals surface area contributed by atoms with Gasteiger partial charge in [0.2, 0.25) is 0 Å². The number of halogens is 1. The van der Waals surface area contributed by atoms with Crippen molar-refractivity contribution in [3.8, 4) is 22.5 Å². The predicted octanol–water partition coefficient (Wildman–Crippen LogP) is 6.42. The van der Waals surface area contributed by atoms with Crippen molar-refractivity contribution in [1.29, 1.82) is 0 Å². The fourth-order valence-corrected chi connectivity index (χ4v) is 2.96. The van der Waals surface area contributed by atoms with Crippen LogP contribution in [0.2, 0.25) is 5.02 Å². The van der Waals surface area contributed by atoms with Crippen LogP contribution in [-0.2, 0) is 0 Å². The van der Waals surface area contributed by atoms with Gasteiger partial charge < -0.3 is 4.42 Å². The van der Waals surface area contributed by atoms with E-state index in [-0.39, 0.29) is 0 Å². The zero-order valence-corrected chi connectivity index (χ0v) is 12.5. The molecule has 2 heteroatoms. The molecule has 0 saturated carbocycles. The second-order valence-electron chi connectivity index (χ2n) is 5.18. The lowest BCUT2D eigenvalue weighted by Crippen LogP contribution is -1.81. The molecule has 0 amide bonds. The molecule has 22 heavy (non-hydrogen) atoms. The molecule has 3 aromatic carbocycles. The summed E-state index contributed by atoms with van der Waals surface area (Å²) in [5, 5.41) is 1.82. The summed E-state index contributed by atoms with van der Waals surface area (Å²) < 4.78 is 6.14. The van der Waals surface area contributed by atoms with E-state index < -0.39 is 0 Å². The lowest BCUT2D eigenvalue weighted by atomic mass is 9.99. The molecule has 0 bridgehead atoms. The first-order valence-electron chi connectivity index (χ1n) is 7.16. The van der Waals surface area contributed by atoms with E-state index in [9.17, 15) is 0 Å². The molecule has 0 saturated heterocycles. The van der Waals surface area contributed by atoms with Gasteiger partial charge in [-0.2, -0.15) is 0 Å². The molecule has 4 aromatic rings. The number of hydrogen-bond donors (Lipinski definition) is 0. The summed E-state index contributed by atoms with van der Waals surface area (Å²) in [6.07, 6.45) is 0. The predicted molar refractivity (Wildman–Crippen MR) is 92.1 cm³/mol. The Morgan fingerprint density at radius 3 is 2.23 bits per heavy atom. The molecule has 0 N–H and O–H groups in total. The second-order valence-corrected chi connectivity index (χ2v) is 5.62. The van der Waals surface area contributed by atoms with E-state index in [0.29, 0.717) is 0 Å². The van der Waals surface area contributed by atoms with Gasteiger partial charge in [-0.25, -0.2) is 0 Å². The van der Waals surface area contributed by atoms with Gasteiger partial charge in [0.15, 0.2) is 0 Å². The Kier molecular flexibility index (Phi) is 3.21. The second kappa shape index (κ2) is 5.36. The first-order valence-corrected chi connectivity index (χ1v) is 7.53. The van der Waals surface area contributed by atoms with E-state index in [2.05, 4.69) is 24.3 Å². The van der Waals surface area contributed by atoms with E-state index in [1.807, 2.05) is 54.6 Å². The van der Waals surface area contributed by atoms with Gasteiger partial charge in [0, 0.05) is 21.5 Å². The third-order valence-electron chi connectivity index (χ3n) is 3.74. The molecule has 0 aliphatic carbocycles. The maximum Gasteiger partial charge on any atom is 0.143 e. The maximum atomic E-state index is 6.18. The number of benzene rings is 3. The molecule has 1 aromatic heterocycles. The van der Waals surface area contributed by atoms with Gasteiger partial charge >= 0.3 is 0 Å². The number of rotatable bonds is 2. The van der Waals surface area contributed by atoms with E-state index in [0.717, 1.165) is 38.4 Å². The van der Waals surface area contributed by atoms with Crippen LogP contribution in [-0.4, -0.2) is 0 Å². The largest absolute Gasteiger partial charge is 0.455 e. The van der Waals surface area contributed by atoms with Crippen LogP contribution in [0.3, 0.4) is 0 Å². The fourth-order valence-electron chi connectivity index (χ4n) is 2.77. The third kappa shape index (κ3) is 2.20. The zero-order valence-electron chi connectivity index (χ0n) is 11.8. The lowest BCUT2D eigenvalue weighted by molar-refractivity contribution is 0.632. The van der Waals surface area contributed by atoms with Crippen LogP contribution in [0.1, 0.15) is 0 Å². The molecule has 0 fully saturated rings. The van der Waals surface area contributed by atoms with E-state index in [4.69, 9.17) is 16.0 Å². The highest BCUT2D eigenvalue weighted by Crippen LogP contribution is 2.41. The Balaban J connectivity index is 2.07. The topological polar surface area (TPSA) is 13.1 Å². The minimum atomic E-state index is 0.724. The molecular weight excluding hydrogens is 292 g/mol. The SMILES string of the molecule is Clc1cccc(-c2c(-c3ccccc3)oc3ccccc23)c1. The van der Waals surface area contributed by atoms with Crippen molar-refractivity contribution in [2.75, 3.05) is 0 Å². The number of para-hydroxylation sites is 1. The first-order chi connectivity index (χ1) is 10.8. The van der Waals surface area contributed by atoms with Crippen molar-refractivity contribution in [2.45, 2.75) is 0 Å². The highest BCUT2D eigenvalue weighted by molar-refractivity contribution is 6.31. The Morgan fingerprint density at radius 2 is 1.41 bits per heavy atom. The number of hydrogen-bond acceptors (Lipinski definition) is 1. The molecule has 0 atom stereocenters. The summed E-state index contributed by atoms with van der Waals surface area (Å²) in [7, 11) is 0. The Labute approximate surface area is 133 Å². The summed E-state index contributed by atoms with van der Waals surface area (Å²) in [6, 6.07) is 26.2. The first kappa shape index (κ1) is 13.2. The Bertz CT molecular complexity index is 938. The summed E-state index contributed by atoms with van der Waals surface area (Å²) >= 11 is 6.18. The average molecular weight is 305 g/mol. The summed E-state index contributed by atoms with van der Waals surface area (Å²) in [5.74, 6) is 0.879. The molecule has 0 aliphatic heterocycles. The quantitative estimate of drug-likeness (QED) is 0.416. The summed E-state index contributed by atoms with van der Waals surface area (Å²) in [4.78, 5) is 0. The van der Waals surface area contributed by atoms with Crippen LogP contribution in [0, 0.1) is 0 Å². The van der Waals surface area contributed by atoms with Gasteiger partial charge in [-0.1, -0.05) is 72.3 Å². The molecule has 0 spiro atoms. The van der Waals surface area contributed by atoms with Crippen LogP contribution in [0.25, 0.3) is 33.4 Å². The smallest absolute Gasteiger partial charge is 0.143 e. The van der Waals surface area contributed by atoms with Gasteiger partial charge in [-0.3, -0.25) is 0 Å². The van der Waals surface area contributed by atoms with Crippen molar-refractivity contribution in [3.05, 3.63) is 83.9 Å². The number of furan rings is 1. The zero-order chi connectivity index (χ0) is 14.9. The van der Waals surface area contributed by atoms with Crippen LogP contribution in [0.4, 0.5) is 0 Å². The number of fused-ring (bicyclic) bond motifs is 1. The normalized spacial score (nSPS) is 11.0. The van der Waals surface area contributed by atoms with Gasteiger partial charge in [0.1, 0.15) is 11.3 Å². The molecule has 0 aliphatic rings. The van der Waals surface area contributed by atoms with Gasteiger partial charge in [0.25, 0.3) is 0 Å². The van der Waals surface area contributed by atoms with Gasteiger partial charge in [0.05, 0.1) is 0 Å². The highest BCUT2D eigenvalue weighted by Gasteiger charge is 2.17. The molecule has 1 nitrogen and oxygen atoms in total. The van der Waals surface area contributed by atoms with Crippen molar-refractivity contribution in [3.63, 3.8) is 0 Å².